The zero-order chi connectivity index (χ0) is 35.2. The lowest BCUT2D eigenvalue weighted by Gasteiger charge is -2.29. The summed E-state index contributed by atoms with van der Waals surface area (Å²) < 4.78 is 23.2. The first kappa shape index (κ1) is 34.3. The van der Waals surface area contributed by atoms with Crippen molar-refractivity contribution >= 4 is 50.8 Å². The van der Waals surface area contributed by atoms with Crippen LogP contribution in [0.4, 0.5) is 21.8 Å². The van der Waals surface area contributed by atoms with Crippen molar-refractivity contribution in [3.05, 3.63) is 65.4 Å². The Labute approximate surface area is 284 Å². The standard InChI is InChI=1S/C18H23FN4O.C18H23N5O2/c1-10(2)7-13-15(9-18(3,4)24)23-14-8-11(19)5-6-12(14)21-16(20)17(23)22-13;1-18(2,24)11-14-16(22-7-9-25-10-8-22)21-17-15(19)20-12-5-3-4-6-13(12)23(14)17/h5-6,8,10,24H,7,9H2,1-4H3,(H2,20,21);3-6,24H,7-11H2,1-2H3,(H2,19,20). The van der Waals surface area contributed by atoms with Crippen LogP contribution in [0, 0.1) is 11.7 Å². The van der Waals surface area contributed by atoms with Gasteiger partial charge in [0, 0.05) is 37.7 Å². The molecule has 6 N–H and O–H groups in total. The third-order valence-electron chi connectivity index (χ3n) is 8.36. The smallest absolute Gasteiger partial charge is 0.182 e. The van der Waals surface area contributed by atoms with Gasteiger partial charge >= 0.3 is 0 Å². The van der Waals surface area contributed by atoms with Crippen molar-refractivity contribution < 1.29 is 19.3 Å². The zero-order valence-electron chi connectivity index (χ0n) is 29.0. The minimum atomic E-state index is -0.917. The Bertz CT molecular complexity index is 2140. The maximum Gasteiger partial charge on any atom is 0.182 e. The number of anilines is 3. The Morgan fingerprint density at radius 2 is 1.37 bits per heavy atom. The first-order valence-corrected chi connectivity index (χ1v) is 16.7. The van der Waals surface area contributed by atoms with Crippen LogP contribution in [0.1, 0.15) is 58.6 Å². The maximum absolute atomic E-state index is 13.8. The molecular weight excluding hydrogens is 625 g/mol. The minimum absolute atomic E-state index is 0.307. The summed E-state index contributed by atoms with van der Waals surface area (Å²) in [6.07, 6.45) is 1.61. The molecule has 260 valence electrons. The number of aliphatic hydroxyl groups is 2. The van der Waals surface area contributed by atoms with E-state index in [2.05, 4.69) is 33.7 Å². The quantitative estimate of drug-likeness (QED) is 0.186. The number of nitrogen functional groups attached to an aromatic ring is 2. The molecule has 6 aromatic rings. The first-order chi connectivity index (χ1) is 23.1. The predicted octanol–water partition coefficient (Wildman–Crippen LogP) is 4.73. The van der Waals surface area contributed by atoms with Gasteiger partial charge in [-0.15, -0.1) is 0 Å². The molecule has 0 atom stereocenters. The fourth-order valence-corrected chi connectivity index (χ4v) is 6.42. The van der Waals surface area contributed by atoms with Gasteiger partial charge in [-0.25, -0.2) is 24.3 Å². The minimum Gasteiger partial charge on any atom is -0.390 e. The van der Waals surface area contributed by atoms with Crippen LogP contribution in [-0.2, 0) is 24.0 Å². The molecule has 12 nitrogen and oxygen atoms in total. The summed E-state index contributed by atoms with van der Waals surface area (Å²) in [5, 5.41) is 20.8. The van der Waals surface area contributed by atoms with Gasteiger partial charge in [0.05, 0.1) is 57.9 Å². The Balaban J connectivity index is 0.000000170. The molecule has 0 aliphatic carbocycles. The van der Waals surface area contributed by atoms with Gasteiger partial charge < -0.3 is 31.3 Å². The zero-order valence-corrected chi connectivity index (χ0v) is 29.0. The van der Waals surface area contributed by atoms with E-state index >= 15 is 0 Å². The summed E-state index contributed by atoms with van der Waals surface area (Å²) in [6.45, 7) is 14.2. The van der Waals surface area contributed by atoms with E-state index in [1.165, 1.54) is 12.1 Å². The second-order valence-electron chi connectivity index (χ2n) is 14.5. The molecule has 49 heavy (non-hydrogen) atoms. The normalized spacial score (nSPS) is 14.4. The van der Waals surface area contributed by atoms with Crippen LogP contribution >= 0.6 is 0 Å². The van der Waals surface area contributed by atoms with Crippen molar-refractivity contribution in [3.63, 3.8) is 0 Å². The first-order valence-electron chi connectivity index (χ1n) is 16.7. The lowest BCUT2D eigenvalue weighted by Crippen LogP contribution is -2.37. The number of imidazole rings is 2. The van der Waals surface area contributed by atoms with Gasteiger partial charge in [0.15, 0.2) is 28.7 Å². The fourth-order valence-electron chi connectivity index (χ4n) is 6.42. The van der Waals surface area contributed by atoms with Crippen molar-refractivity contribution in [2.75, 3.05) is 42.7 Å². The molecule has 0 bridgehead atoms. The molecule has 0 amide bonds. The molecule has 13 heteroatoms. The van der Waals surface area contributed by atoms with Crippen molar-refractivity contribution in [1.82, 2.24) is 28.7 Å². The number of hydrogen-bond acceptors (Lipinski definition) is 10. The van der Waals surface area contributed by atoms with E-state index in [-0.39, 0.29) is 5.82 Å². The van der Waals surface area contributed by atoms with Crippen LogP contribution in [0.15, 0.2) is 42.5 Å². The number of rotatable bonds is 7. The van der Waals surface area contributed by atoms with Gasteiger partial charge in [-0.3, -0.25) is 8.80 Å². The Kier molecular flexibility index (Phi) is 9.12. The van der Waals surface area contributed by atoms with Gasteiger partial charge in [-0.2, -0.15) is 0 Å². The Morgan fingerprint density at radius 3 is 2.00 bits per heavy atom. The van der Waals surface area contributed by atoms with Crippen LogP contribution < -0.4 is 16.4 Å². The second-order valence-corrected chi connectivity index (χ2v) is 14.5. The van der Waals surface area contributed by atoms with E-state index in [0.717, 1.165) is 53.4 Å². The second kappa shape index (κ2) is 13.0. The van der Waals surface area contributed by atoms with Gasteiger partial charge in [0.25, 0.3) is 0 Å². The largest absolute Gasteiger partial charge is 0.390 e. The Hall–Kier alpha value is -4.59. The molecule has 1 saturated heterocycles. The van der Waals surface area contributed by atoms with Gasteiger partial charge in [0.1, 0.15) is 5.82 Å². The summed E-state index contributed by atoms with van der Waals surface area (Å²) in [5.41, 5.74) is 17.3. The summed E-state index contributed by atoms with van der Waals surface area (Å²) in [4.78, 5) is 20.5. The average Bonchev–Trinajstić information content (AvgIpc) is 3.56. The topological polar surface area (TPSA) is 165 Å². The average molecular weight is 672 g/mol. The van der Waals surface area contributed by atoms with E-state index < -0.39 is 11.2 Å². The number of benzene rings is 2. The fraction of sp³-hybridized carbons (Fsp3) is 0.444. The summed E-state index contributed by atoms with van der Waals surface area (Å²) in [7, 11) is 0. The number of morpholine rings is 1. The van der Waals surface area contributed by atoms with Gasteiger partial charge in [-0.05, 0) is 64.3 Å². The molecule has 2 aromatic carbocycles. The number of ether oxygens (including phenoxy) is 1. The number of hydrogen-bond donors (Lipinski definition) is 4. The number of halogens is 1. The molecule has 1 aliphatic heterocycles. The highest BCUT2D eigenvalue weighted by molar-refractivity contribution is 5.85. The van der Waals surface area contributed by atoms with E-state index in [4.69, 9.17) is 21.2 Å². The van der Waals surface area contributed by atoms with Crippen LogP contribution in [0.3, 0.4) is 0 Å². The molecule has 4 aromatic heterocycles. The third kappa shape index (κ3) is 7.24. The Morgan fingerprint density at radius 1 is 0.796 bits per heavy atom. The lowest BCUT2D eigenvalue weighted by atomic mass is 9.98. The lowest BCUT2D eigenvalue weighted by molar-refractivity contribution is 0.0789. The highest BCUT2D eigenvalue weighted by atomic mass is 19.1. The molecule has 0 radical (unpaired) electrons. The van der Waals surface area contributed by atoms with Crippen molar-refractivity contribution in [1.29, 1.82) is 0 Å². The van der Waals surface area contributed by atoms with E-state index in [1.54, 1.807) is 19.9 Å². The summed E-state index contributed by atoms with van der Waals surface area (Å²) in [6, 6.07) is 12.3. The van der Waals surface area contributed by atoms with Gasteiger partial charge in [0.2, 0.25) is 0 Å². The molecule has 0 saturated carbocycles. The van der Waals surface area contributed by atoms with Crippen LogP contribution in [-0.4, -0.2) is 76.5 Å². The van der Waals surface area contributed by atoms with Crippen molar-refractivity contribution in [3.8, 4) is 0 Å². The highest BCUT2D eigenvalue weighted by Gasteiger charge is 2.28. The van der Waals surface area contributed by atoms with Crippen LogP contribution in [0.5, 0.6) is 0 Å². The molecule has 1 fully saturated rings. The monoisotopic (exact) mass is 671 g/mol. The van der Waals surface area contributed by atoms with E-state index in [0.29, 0.717) is 65.9 Å². The SMILES string of the molecule is CC(C)(O)Cc1c(N2CCOCC2)nc2c(N)nc3ccccc3n12.CC(C)Cc1nc2c(N)nc3ccc(F)cc3n2c1CC(C)(C)O. The van der Waals surface area contributed by atoms with E-state index in [1.807, 2.05) is 46.9 Å². The van der Waals surface area contributed by atoms with E-state index in [9.17, 15) is 14.6 Å². The van der Waals surface area contributed by atoms with Gasteiger partial charge in [-0.1, -0.05) is 26.0 Å². The third-order valence-corrected chi connectivity index (χ3v) is 8.36. The number of para-hydroxylation sites is 2. The highest BCUT2D eigenvalue weighted by Crippen LogP contribution is 2.32. The molecule has 5 heterocycles. The molecule has 0 unspecified atom stereocenters. The predicted molar refractivity (Wildman–Crippen MR) is 191 cm³/mol. The van der Waals surface area contributed by atoms with Crippen molar-refractivity contribution in [2.45, 2.75) is 72.0 Å². The molecular formula is C36H46FN9O3. The van der Waals surface area contributed by atoms with Crippen LogP contribution in [0.2, 0.25) is 0 Å². The summed E-state index contributed by atoms with van der Waals surface area (Å²) >= 11 is 0. The molecule has 7 rings (SSSR count). The maximum atomic E-state index is 13.8. The molecule has 0 spiro atoms. The van der Waals surface area contributed by atoms with Crippen LogP contribution in [0.25, 0.3) is 33.4 Å². The summed E-state index contributed by atoms with van der Waals surface area (Å²) in [5.74, 6) is 1.61. The van der Waals surface area contributed by atoms with Crippen molar-refractivity contribution in [2.24, 2.45) is 5.92 Å². The number of fused-ring (bicyclic) bond motifs is 6. The molecule has 1 aliphatic rings. The number of nitrogens with zero attached hydrogens (tertiary/aromatic N) is 7. The number of nitrogens with two attached hydrogens (primary N) is 2. The number of aromatic nitrogens is 6.